The van der Waals surface area contributed by atoms with Crippen LogP contribution in [0.25, 0.3) is 0 Å². The molecule has 13 heteroatoms. The van der Waals surface area contributed by atoms with Crippen molar-refractivity contribution in [3.63, 3.8) is 0 Å². The molecule has 0 aliphatic heterocycles. The van der Waals surface area contributed by atoms with Crippen molar-refractivity contribution in [2.75, 3.05) is 30.0 Å². The number of nitrogens with two attached hydrogens (primary N) is 1. The Balaban J connectivity index is 2.16. The first-order valence-corrected chi connectivity index (χ1v) is 11.2. The maximum atomic E-state index is 12.9. The van der Waals surface area contributed by atoms with Gasteiger partial charge in [-0.15, -0.1) is 10.2 Å². The van der Waals surface area contributed by atoms with Crippen molar-refractivity contribution in [1.29, 1.82) is 0 Å². The van der Waals surface area contributed by atoms with Gasteiger partial charge in [0, 0.05) is 0 Å². The normalized spacial score (nSPS) is 11.6. The maximum Gasteiger partial charge on any atom is 0.350 e. The number of esters is 2. The van der Waals surface area contributed by atoms with Gasteiger partial charge >= 0.3 is 11.9 Å². The van der Waals surface area contributed by atoms with Crippen LogP contribution in [0.4, 0.5) is 11.1 Å². The quantitative estimate of drug-likeness (QED) is 0.285. The Morgan fingerprint density at radius 3 is 2.71 bits per heavy atom. The molecule has 2 aromatic rings. The smallest absolute Gasteiger partial charge is 0.350 e. The molecular weight excluding hydrogens is 444 g/mol. The molecule has 0 aromatic carbocycles. The second-order valence-corrected chi connectivity index (χ2v) is 7.98. The first-order valence-electron chi connectivity index (χ1n) is 9.37. The highest BCUT2D eigenvalue weighted by molar-refractivity contribution is 7.99. The summed E-state index contributed by atoms with van der Waals surface area (Å²) in [7, 11) is 0. The Kier molecular flexibility index (Phi) is 9.00. The van der Waals surface area contributed by atoms with Crippen LogP contribution in [-0.2, 0) is 19.1 Å². The molecule has 168 valence electrons. The van der Waals surface area contributed by atoms with Crippen LogP contribution < -0.4 is 11.1 Å². The van der Waals surface area contributed by atoms with Crippen LogP contribution in [0.1, 0.15) is 41.7 Å². The van der Waals surface area contributed by atoms with E-state index in [9.17, 15) is 14.4 Å². The number of amides is 1. The minimum absolute atomic E-state index is 0.00584. The van der Waals surface area contributed by atoms with Gasteiger partial charge in [0.25, 0.3) is 0 Å². The highest BCUT2D eigenvalue weighted by Gasteiger charge is 2.27. The minimum atomic E-state index is -0.750. The van der Waals surface area contributed by atoms with E-state index in [1.807, 2.05) is 0 Å². The van der Waals surface area contributed by atoms with Gasteiger partial charge < -0.3 is 20.5 Å². The van der Waals surface area contributed by atoms with Gasteiger partial charge in [-0.25, -0.2) is 9.78 Å². The molecule has 0 radical (unpaired) electrons. The molecule has 2 heterocycles. The summed E-state index contributed by atoms with van der Waals surface area (Å²) in [4.78, 5) is 41.2. The second kappa shape index (κ2) is 11.5. The van der Waals surface area contributed by atoms with Gasteiger partial charge in [0.1, 0.15) is 17.5 Å². The summed E-state index contributed by atoms with van der Waals surface area (Å²) >= 11 is 2.08. The van der Waals surface area contributed by atoms with Crippen LogP contribution in [0.5, 0.6) is 0 Å². The third kappa shape index (κ3) is 6.28. The molecule has 1 amide bonds. The summed E-state index contributed by atoms with van der Waals surface area (Å²) in [6, 6.07) is -0.750. The van der Waals surface area contributed by atoms with E-state index in [0.717, 1.165) is 23.1 Å². The Morgan fingerprint density at radius 1 is 1.32 bits per heavy atom. The molecule has 0 fully saturated rings. The molecule has 0 aliphatic carbocycles. The van der Waals surface area contributed by atoms with Crippen LogP contribution in [0.15, 0.2) is 17.8 Å². The molecule has 0 saturated heterocycles. The average Bonchev–Trinajstić information content (AvgIpc) is 3.28. The standard InChI is InChI=1S/C18H24N6O5S2/c1-5-8-29-15(27)13-10(4)20-17(31-13)21-14(26)11(6-2)24-16(19)22-23-18(24)30-9-12(25)28-7-3/h5,11H,1,6-9H2,2-4H3,(H2,19,22)(H,20,21,26). The fourth-order valence-electron chi connectivity index (χ4n) is 2.52. The summed E-state index contributed by atoms with van der Waals surface area (Å²) in [6.07, 6.45) is 1.84. The summed E-state index contributed by atoms with van der Waals surface area (Å²) in [5, 5.41) is 11.0. The zero-order valence-electron chi connectivity index (χ0n) is 17.4. The number of thioether (sulfide) groups is 1. The molecule has 2 aromatic heterocycles. The van der Waals surface area contributed by atoms with E-state index in [1.165, 1.54) is 10.6 Å². The van der Waals surface area contributed by atoms with Gasteiger partial charge in [-0.1, -0.05) is 42.7 Å². The lowest BCUT2D eigenvalue weighted by Crippen LogP contribution is -2.27. The summed E-state index contributed by atoms with van der Waals surface area (Å²) < 4.78 is 11.4. The van der Waals surface area contributed by atoms with E-state index >= 15 is 0 Å². The number of aryl methyl sites for hydroxylation is 1. The van der Waals surface area contributed by atoms with Crippen molar-refractivity contribution in [2.45, 2.75) is 38.4 Å². The number of aromatic nitrogens is 4. The molecule has 0 spiro atoms. The highest BCUT2D eigenvalue weighted by atomic mass is 32.2. The number of ether oxygens (including phenoxy) is 2. The molecule has 0 aliphatic rings. The number of anilines is 2. The minimum Gasteiger partial charge on any atom is -0.465 e. The number of rotatable bonds is 11. The number of nitrogens with zero attached hydrogens (tertiary/aromatic N) is 4. The number of nitrogens with one attached hydrogen (secondary N) is 1. The van der Waals surface area contributed by atoms with Crippen molar-refractivity contribution in [3.05, 3.63) is 23.2 Å². The van der Waals surface area contributed by atoms with Gasteiger partial charge in [0.15, 0.2) is 10.3 Å². The number of carbonyl (C=O) groups excluding carboxylic acids is 3. The number of nitrogen functional groups attached to an aromatic ring is 1. The van der Waals surface area contributed by atoms with Crippen molar-refractivity contribution in [3.8, 4) is 0 Å². The molecule has 31 heavy (non-hydrogen) atoms. The molecule has 0 saturated carbocycles. The topological polar surface area (TPSA) is 151 Å². The van der Waals surface area contributed by atoms with E-state index in [4.69, 9.17) is 15.2 Å². The predicted molar refractivity (Wildman–Crippen MR) is 117 cm³/mol. The monoisotopic (exact) mass is 468 g/mol. The lowest BCUT2D eigenvalue weighted by atomic mass is 10.2. The van der Waals surface area contributed by atoms with E-state index in [1.54, 1.807) is 20.8 Å². The van der Waals surface area contributed by atoms with Crippen LogP contribution in [-0.4, -0.2) is 56.6 Å². The molecule has 11 nitrogen and oxygen atoms in total. The summed E-state index contributed by atoms with van der Waals surface area (Å²) in [6.45, 7) is 9.01. The van der Waals surface area contributed by atoms with E-state index in [0.29, 0.717) is 22.1 Å². The van der Waals surface area contributed by atoms with E-state index < -0.39 is 23.9 Å². The first-order chi connectivity index (χ1) is 14.8. The zero-order valence-corrected chi connectivity index (χ0v) is 19.0. The van der Waals surface area contributed by atoms with Gasteiger partial charge in [-0.05, 0) is 20.3 Å². The number of hydrogen-bond donors (Lipinski definition) is 2. The zero-order chi connectivity index (χ0) is 23.0. The van der Waals surface area contributed by atoms with Crippen molar-refractivity contribution >= 4 is 52.0 Å². The lowest BCUT2D eigenvalue weighted by molar-refractivity contribution is -0.139. The fourth-order valence-corrected chi connectivity index (χ4v) is 4.17. The van der Waals surface area contributed by atoms with Crippen LogP contribution in [0.3, 0.4) is 0 Å². The third-order valence-corrected chi connectivity index (χ3v) is 5.83. The maximum absolute atomic E-state index is 12.9. The Bertz CT molecular complexity index is 957. The Morgan fingerprint density at radius 2 is 2.06 bits per heavy atom. The summed E-state index contributed by atoms with van der Waals surface area (Å²) in [5.41, 5.74) is 6.37. The van der Waals surface area contributed by atoms with Crippen LogP contribution in [0.2, 0.25) is 0 Å². The van der Waals surface area contributed by atoms with Crippen molar-refractivity contribution < 1.29 is 23.9 Å². The molecule has 1 atom stereocenters. The summed E-state index contributed by atoms with van der Waals surface area (Å²) in [5.74, 6) is -1.31. The third-order valence-electron chi connectivity index (χ3n) is 3.86. The van der Waals surface area contributed by atoms with Crippen LogP contribution in [0, 0.1) is 6.92 Å². The highest BCUT2D eigenvalue weighted by Crippen LogP contribution is 2.28. The molecule has 2 rings (SSSR count). The Hall–Kier alpha value is -2.93. The second-order valence-electron chi connectivity index (χ2n) is 6.04. The Labute approximate surface area is 187 Å². The average molecular weight is 469 g/mol. The number of carbonyl (C=O) groups is 3. The predicted octanol–water partition coefficient (Wildman–Crippen LogP) is 2.21. The van der Waals surface area contributed by atoms with Gasteiger partial charge in [-0.3, -0.25) is 14.2 Å². The van der Waals surface area contributed by atoms with E-state index in [-0.39, 0.29) is 30.0 Å². The van der Waals surface area contributed by atoms with Gasteiger partial charge in [0.2, 0.25) is 11.9 Å². The number of hydrogen-bond acceptors (Lipinski definition) is 11. The number of thiazole rings is 1. The SMILES string of the molecule is C=CCOC(=O)c1sc(NC(=O)C(CC)n2c(N)nnc2SCC(=O)OCC)nc1C. The molecule has 1 unspecified atom stereocenters. The van der Waals surface area contributed by atoms with Gasteiger partial charge in [0.05, 0.1) is 18.1 Å². The fraction of sp³-hybridized carbons (Fsp3) is 0.444. The van der Waals surface area contributed by atoms with Crippen molar-refractivity contribution in [1.82, 2.24) is 19.7 Å². The van der Waals surface area contributed by atoms with E-state index in [2.05, 4.69) is 27.1 Å². The van der Waals surface area contributed by atoms with Crippen molar-refractivity contribution in [2.24, 2.45) is 0 Å². The molecule has 0 bridgehead atoms. The largest absolute Gasteiger partial charge is 0.465 e. The van der Waals surface area contributed by atoms with Crippen LogP contribution >= 0.6 is 23.1 Å². The molecular formula is C18H24N6O5S2. The first kappa shape index (κ1) is 24.3. The molecule has 3 N–H and O–H groups in total. The lowest BCUT2D eigenvalue weighted by Gasteiger charge is -2.18. The van der Waals surface area contributed by atoms with Gasteiger partial charge in [-0.2, -0.15) is 0 Å².